The minimum Gasteiger partial charge on any atom is -0.493 e. The van der Waals surface area contributed by atoms with Crippen LogP contribution in [0.1, 0.15) is 17.4 Å². The topological polar surface area (TPSA) is 88.5 Å². The van der Waals surface area contributed by atoms with Gasteiger partial charge in [0.2, 0.25) is 10.0 Å². The largest absolute Gasteiger partial charge is 0.493 e. The van der Waals surface area contributed by atoms with Gasteiger partial charge in [0.05, 0.1) is 18.4 Å². The molecule has 2 heterocycles. The number of ether oxygens (including phenoxy) is 1. The second-order valence-corrected chi connectivity index (χ2v) is 9.54. The molecule has 6 nitrogen and oxygen atoms in total. The number of alkyl halides is 3. The number of benzene rings is 2. The van der Waals surface area contributed by atoms with Gasteiger partial charge in [0.15, 0.2) is 5.75 Å². The number of aliphatic hydroxyl groups excluding tert-OH is 1. The van der Waals surface area contributed by atoms with Crippen LogP contribution in [0.5, 0.6) is 5.75 Å². The summed E-state index contributed by atoms with van der Waals surface area (Å²) in [4.78, 5) is 4.28. The van der Waals surface area contributed by atoms with Gasteiger partial charge in [-0.05, 0) is 36.2 Å². The molecule has 1 aromatic heterocycles. The smallest absolute Gasteiger partial charge is 0.404 e. The number of pyridine rings is 1. The number of hydrogen-bond acceptors (Lipinski definition) is 5. The molecule has 0 bridgehead atoms. The van der Waals surface area contributed by atoms with Crippen LogP contribution in [0, 0.1) is 5.92 Å². The van der Waals surface area contributed by atoms with Crippen molar-refractivity contribution in [2.75, 3.05) is 17.1 Å². The van der Waals surface area contributed by atoms with Gasteiger partial charge >= 0.3 is 6.18 Å². The second-order valence-electron chi connectivity index (χ2n) is 7.82. The van der Waals surface area contributed by atoms with Crippen LogP contribution in [0.25, 0.3) is 11.1 Å². The Hall–Kier alpha value is -3.11. The normalized spacial score (nSPS) is 18.3. The molecule has 0 fully saturated rings. The fourth-order valence-electron chi connectivity index (χ4n) is 3.81. The molecule has 0 amide bonds. The van der Waals surface area contributed by atoms with Gasteiger partial charge in [-0.15, -0.1) is 0 Å². The average molecular weight is 478 g/mol. The van der Waals surface area contributed by atoms with Crippen LogP contribution in [0.15, 0.2) is 66.9 Å². The molecule has 1 aliphatic heterocycles. The highest BCUT2D eigenvalue weighted by Crippen LogP contribution is 2.40. The lowest BCUT2D eigenvalue weighted by molar-refractivity contribution is -0.106. The molecule has 0 saturated carbocycles. The van der Waals surface area contributed by atoms with Crippen LogP contribution in [0.3, 0.4) is 0 Å². The van der Waals surface area contributed by atoms with Gasteiger partial charge in [-0.1, -0.05) is 36.4 Å². The van der Waals surface area contributed by atoms with E-state index in [0.29, 0.717) is 28.9 Å². The Morgan fingerprint density at radius 2 is 1.85 bits per heavy atom. The number of sulfonamides is 1. The Balaban J connectivity index is 1.58. The molecule has 2 aromatic carbocycles. The van der Waals surface area contributed by atoms with Crippen LogP contribution in [0.4, 0.5) is 18.9 Å². The molecule has 3 aromatic rings. The van der Waals surface area contributed by atoms with Crippen molar-refractivity contribution in [1.82, 2.24) is 4.98 Å². The first-order valence-corrected chi connectivity index (χ1v) is 11.8. The average Bonchev–Trinajstić information content (AvgIpc) is 2.75. The van der Waals surface area contributed by atoms with Gasteiger partial charge in [-0.3, -0.25) is 9.71 Å². The molecule has 10 heteroatoms. The van der Waals surface area contributed by atoms with E-state index in [1.54, 1.807) is 36.5 Å². The lowest BCUT2D eigenvalue weighted by Crippen LogP contribution is -2.28. The van der Waals surface area contributed by atoms with E-state index in [1.807, 2.05) is 22.9 Å². The van der Waals surface area contributed by atoms with Crippen molar-refractivity contribution in [3.05, 3.63) is 78.1 Å². The van der Waals surface area contributed by atoms with Crippen molar-refractivity contribution in [3.8, 4) is 16.9 Å². The number of anilines is 1. The summed E-state index contributed by atoms with van der Waals surface area (Å²) in [5, 5.41) is 10.9. The van der Waals surface area contributed by atoms with E-state index in [4.69, 9.17) is 4.74 Å². The highest BCUT2D eigenvalue weighted by Gasteiger charge is 2.35. The third-order valence-corrected chi connectivity index (χ3v) is 6.52. The molecular formula is C23H21F3N2O4S. The van der Waals surface area contributed by atoms with Gasteiger partial charge in [-0.25, -0.2) is 8.42 Å². The van der Waals surface area contributed by atoms with E-state index in [-0.39, 0.29) is 18.2 Å². The summed E-state index contributed by atoms with van der Waals surface area (Å²) >= 11 is 0. The molecule has 2 N–H and O–H groups in total. The highest BCUT2D eigenvalue weighted by molar-refractivity contribution is 7.92. The Labute approximate surface area is 189 Å². The van der Waals surface area contributed by atoms with Crippen molar-refractivity contribution >= 4 is 15.7 Å². The zero-order valence-corrected chi connectivity index (χ0v) is 18.1. The Kier molecular flexibility index (Phi) is 6.31. The molecule has 1 aliphatic rings. The van der Waals surface area contributed by atoms with Crippen LogP contribution < -0.4 is 9.46 Å². The number of nitrogens with zero attached hydrogens (tertiary/aromatic N) is 1. The summed E-state index contributed by atoms with van der Waals surface area (Å²) in [7, 11) is -4.64. The maximum absolute atomic E-state index is 12.6. The second kappa shape index (κ2) is 9.03. The fraction of sp³-hybridized carbons (Fsp3) is 0.261. The lowest BCUT2D eigenvalue weighted by Gasteiger charge is -2.30. The molecule has 0 spiro atoms. The number of nitrogens with one attached hydrogen (secondary N) is 1. The molecule has 4 rings (SSSR count). The predicted octanol–water partition coefficient (Wildman–Crippen LogP) is 4.34. The quantitative estimate of drug-likeness (QED) is 0.550. The van der Waals surface area contributed by atoms with Gasteiger partial charge in [0.25, 0.3) is 0 Å². The van der Waals surface area contributed by atoms with Crippen molar-refractivity contribution in [2.45, 2.75) is 18.7 Å². The van der Waals surface area contributed by atoms with Crippen molar-refractivity contribution in [1.29, 1.82) is 0 Å². The minimum absolute atomic E-state index is 0.0195. The third-order valence-electron chi connectivity index (χ3n) is 5.29. The van der Waals surface area contributed by atoms with Gasteiger partial charge < -0.3 is 9.84 Å². The Morgan fingerprint density at radius 1 is 1.09 bits per heavy atom. The molecule has 0 radical (unpaired) electrons. The Bertz CT molecular complexity index is 1230. The van der Waals surface area contributed by atoms with Crippen LogP contribution in [-0.4, -0.2) is 37.0 Å². The molecule has 174 valence electrons. The number of halogens is 3. The Morgan fingerprint density at radius 3 is 2.58 bits per heavy atom. The third kappa shape index (κ3) is 5.63. The van der Waals surface area contributed by atoms with Gasteiger partial charge in [0, 0.05) is 28.9 Å². The zero-order chi connectivity index (χ0) is 23.6. The lowest BCUT2D eigenvalue weighted by atomic mass is 9.88. The van der Waals surface area contributed by atoms with E-state index in [1.165, 1.54) is 12.1 Å². The molecule has 0 aliphatic carbocycles. The van der Waals surface area contributed by atoms with Gasteiger partial charge in [-0.2, -0.15) is 13.2 Å². The van der Waals surface area contributed by atoms with E-state index >= 15 is 0 Å². The summed E-state index contributed by atoms with van der Waals surface area (Å²) < 4.78 is 69.7. The summed E-state index contributed by atoms with van der Waals surface area (Å²) in [5.41, 5.74) is 2.37. The monoisotopic (exact) mass is 478 g/mol. The predicted molar refractivity (Wildman–Crippen MR) is 117 cm³/mol. The summed E-state index contributed by atoms with van der Waals surface area (Å²) in [6, 6.07) is 16.7. The number of aliphatic hydroxyl groups is 1. The van der Waals surface area contributed by atoms with Crippen molar-refractivity contribution in [3.63, 3.8) is 0 Å². The number of fused-ring (bicyclic) bond motifs is 1. The number of hydrogen-bond donors (Lipinski definition) is 2. The van der Waals surface area contributed by atoms with Crippen molar-refractivity contribution < 1.29 is 31.4 Å². The minimum atomic E-state index is -4.86. The van der Waals surface area contributed by atoms with E-state index < -0.39 is 28.1 Å². The highest BCUT2D eigenvalue weighted by atomic mass is 32.2. The number of aromatic nitrogens is 1. The van der Waals surface area contributed by atoms with Crippen LogP contribution >= 0.6 is 0 Å². The fourth-order valence-corrected chi connectivity index (χ4v) is 4.83. The van der Waals surface area contributed by atoms with Gasteiger partial charge in [0.1, 0.15) is 5.75 Å². The molecule has 0 unspecified atom stereocenters. The van der Waals surface area contributed by atoms with E-state index in [0.717, 1.165) is 5.69 Å². The summed E-state index contributed by atoms with van der Waals surface area (Å²) in [6.45, 7) is 0.258. The van der Waals surface area contributed by atoms with Crippen LogP contribution in [-0.2, 0) is 16.4 Å². The first-order chi connectivity index (χ1) is 15.6. The SMILES string of the molecule is O=S(=O)(CC(F)(F)F)Nc1ccccc1-c1ccc2c(c1)OC[C@H](Cc1ccccn1)[C@H]2O. The number of para-hydroxylation sites is 1. The standard InChI is InChI=1S/C23H21F3N2O4S/c24-23(25,26)14-33(30,31)28-20-7-2-1-6-18(20)15-8-9-19-21(12-15)32-13-16(22(19)29)11-17-5-3-4-10-27-17/h1-10,12,16,22,28-29H,11,13-14H2/t16-,22+/m0/s1. The molecule has 33 heavy (non-hydrogen) atoms. The zero-order valence-electron chi connectivity index (χ0n) is 17.3. The van der Waals surface area contributed by atoms with E-state index in [9.17, 15) is 26.7 Å². The van der Waals surface area contributed by atoms with Crippen molar-refractivity contribution in [2.24, 2.45) is 5.92 Å². The first kappa shape index (κ1) is 23.1. The summed E-state index contributed by atoms with van der Waals surface area (Å²) in [5.74, 6) is -1.74. The first-order valence-electron chi connectivity index (χ1n) is 10.1. The molecular weight excluding hydrogens is 457 g/mol. The maximum Gasteiger partial charge on any atom is 0.404 e. The number of rotatable bonds is 6. The summed E-state index contributed by atoms with van der Waals surface area (Å²) in [6.07, 6.45) is -3.42. The van der Waals surface area contributed by atoms with E-state index in [2.05, 4.69) is 4.98 Å². The van der Waals surface area contributed by atoms with Crippen LogP contribution in [0.2, 0.25) is 0 Å². The maximum atomic E-state index is 12.6. The molecule has 2 atom stereocenters. The molecule has 0 saturated heterocycles.